The zero-order valence-electron chi connectivity index (χ0n) is 12.7. The summed E-state index contributed by atoms with van der Waals surface area (Å²) in [6, 6.07) is 5.73. The summed E-state index contributed by atoms with van der Waals surface area (Å²) < 4.78 is 15.7. The van der Waals surface area contributed by atoms with Gasteiger partial charge < -0.3 is 24.8 Å². The fourth-order valence-corrected chi connectivity index (χ4v) is 2.16. The highest BCUT2D eigenvalue weighted by Crippen LogP contribution is 2.32. The number of amides is 1. The molecular formula is C15H23ClN2O4. The van der Waals surface area contributed by atoms with Crippen LogP contribution in [0.25, 0.3) is 0 Å². The topological polar surface area (TPSA) is 74.0 Å². The lowest BCUT2D eigenvalue weighted by atomic mass is 10.1. The maximum absolute atomic E-state index is 12.2. The van der Waals surface area contributed by atoms with Crippen LogP contribution in [0.2, 0.25) is 0 Å². The molecule has 1 aliphatic heterocycles. The third-order valence-corrected chi connectivity index (χ3v) is 3.32. The van der Waals surface area contributed by atoms with Crippen LogP contribution < -0.4 is 15.2 Å². The lowest BCUT2D eigenvalue weighted by Crippen LogP contribution is -2.33. The molecule has 1 heterocycles. The van der Waals surface area contributed by atoms with Crippen molar-refractivity contribution in [2.75, 3.05) is 33.6 Å². The van der Waals surface area contributed by atoms with E-state index < -0.39 is 0 Å². The van der Waals surface area contributed by atoms with Crippen LogP contribution in [0, 0.1) is 0 Å². The Bertz CT molecular complexity index is 485. The van der Waals surface area contributed by atoms with Gasteiger partial charge in [-0.3, -0.25) is 4.79 Å². The molecule has 0 radical (unpaired) electrons. The van der Waals surface area contributed by atoms with Gasteiger partial charge in [0.2, 0.25) is 12.7 Å². The maximum atomic E-state index is 12.2. The van der Waals surface area contributed by atoms with Gasteiger partial charge in [-0.2, -0.15) is 0 Å². The number of benzene rings is 1. The highest BCUT2D eigenvalue weighted by Gasteiger charge is 2.17. The second-order valence-corrected chi connectivity index (χ2v) is 4.89. The number of nitrogens with two attached hydrogens (primary N) is 1. The number of fused-ring (bicyclic) bond motifs is 1. The summed E-state index contributed by atoms with van der Waals surface area (Å²) in [5.41, 5.74) is 6.48. The highest BCUT2D eigenvalue weighted by atomic mass is 35.5. The zero-order valence-corrected chi connectivity index (χ0v) is 13.6. The van der Waals surface area contributed by atoms with Crippen LogP contribution >= 0.6 is 12.4 Å². The van der Waals surface area contributed by atoms with Crippen LogP contribution in [0.15, 0.2) is 18.2 Å². The molecule has 0 fully saturated rings. The van der Waals surface area contributed by atoms with E-state index in [4.69, 9.17) is 19.9 Å². The molecule has 6 nitrogen and oxygen atoms in total. The Kier molecular flexibility index (Phi) is 8.01. The summed E-state index contributed by atoms with van der Waals surface area (Å²) in [7, 11) is 1.63. The van der Waals surface area contributed by atoms with Gasteiger partial charge in [0.15, 0.2) is 11.5 Å². The molecule has 0 unspecified atom stereocenters. The number of rotatable bonds is 8. The number of hydrogen-bond acceptors (Lipinski definition) is 5. The summed E-state index contributed by atoms with van der Waals surface area (Å²) in [5, 5.41) is 0. The molecule has 0 saturated heterocycles. The summed E-state index contributed by atoms with van der Waals surface area (Å²) in [4.78, 5) is 14.0. The zero-order chi connectivity index (χ0) is 15.1. The molecule has 1 aromatic carbocycles. The molecule has 22 heavy (non-hydrogen) atoms. The number of hydrogen-bond donors (Lipinski definition) is 1. The van der Waals surface area contributed by atoms with Crippen molar-refractivity contribution in [3.63, 3.8) is 0 Å². The summed E-state index contributed by atoms with van der Waals surface area (Å²) >= 11 is 0. The Balaban J connectivity index is 0.00000242. The van der Waals surface area contributed by atoms with Gasteiger partial charge in [-0.05, 0) is 30.7 Å². The van der Waals surface area contributed by atoms with Crippen molar-refractivity contribution in [2.24, 2.45) is 5.73 Å². The fourth-order valence-electron chi connectivity index (χ4n) is 2.16. The molecule has 0 spiro atoms. The van der Waals surface area contributed by atoms with Crippen molar-refractivity contribution in [1.29, 1.82) is 0 Å². The first-order chi connectivity index (χ1) is 10.2. The number of carbonyl (C=O) groups is 1. The van der Waals surface area contributed by atoms with Gasteiger partial charge in [-0.1, -0.05) is 6.07 Å². The van der Waals surface area contributed by atoms with Crippen LogP contribution in [-0.2, 0) is 16.1 Å². The average molecular weight is 331 g/mol. The highest BCUT2D eigenvalue weighted by molar-refractivity contribution is 5.85. The van der Waals surface area contributed by atoms with Crippen molar-refractivity contribution in [3.05, 3.63) is 23.8 Å². The molecule has 2 N–H and O–H groups in total. The van der Waals surface area contributed by atoms with E-state index in [1.54, 1.807) is 12.0 Å². The minimum Gasteiger partial charge on any atom is -0.454 e. The van der Waals surface area contributed by atoms with Gasteiger partial charge in [0.1, 0.15) is 0 Å². The monoisotopic (exact) mass is 330 g/mol. The van der Waals surface area contributed by atoms with Gasteiger partial charge in [-0.15, -0.1) is 12.4 Å². The van der Waals surface area contributed by atoms with Crippen molar-refractivity contribution < 1.29 is 19.0 Å². The predicted octanol–water partition coefficient (Wildman–Crippen LogP) is 1.55. The minimum atomic E-state index is 0. The third-order valence-electron chi connectivity index (χ3n) is 3.32. The smallest absolute Gasteiger partial charge is 0.231 e. The predicted molar refractivity (Wildman–Crippen MR) is 85.4 cm³/mol. The number of nitrogens with zero attached hydrogens (tertiary/aromatic N) is 1. The third kappa shape index (κ3) is 5.05. The summed E-state index contributed by atoms with van der Waals surface area (Å²) in [6.45, 7) is 2.38. The normalized spacial score (nSPS) is 11.9. The van der Waals surface area contributed by atoms with E-state index in [1.165, 1.54) is 0 Å². The molecule has 124 valence electrons. The van der Waals surface area contributed by atoms with Gasteiger partial charge in [0, 0.05) is 26.6 Å². The average Bonchev–Trinajstić information content (AvgIpc) is 2.96. The van der Waals surface area contributed by atoms with Crippen LogP contribution in [0.3, 0.4) is 0 Å². The molecule has 0 saturated carbocycles. The SMILES string of the molecule is COCCN(Cc1ccc2c(c1)OCO2)C(=O)CCCN.Cl. The first-order valence-electron chi connectivity index (χ1n) is 7.10. The molecule has 2 rings (SSSR count). The quantitative estimate of drug-likeness (QED) is 0.783. The molecule has 1 aliphatic rings. The van der Waals surface area contributed by atoms with Gasteiger partial charge in [-0.25, -0.2) is 0 Å². The number of ether oxygens (including phenoxy) is 3. The van der Waals surface area contributed by atoms with E-state index in [2.05, 4.69) is 0 Å². The van der Waals surface area contributed by atoms with Crippen LogP contribution in [0.1, 0.15) is 18.4 Å². The first-order valence-corrected chi connectivity index (χ1v) is 7.10. The Morgan fingerprint density at radius 2 is 2.14 bits per heavy atom. The summed E-state index contributed by atoms with van der Waals surface area (Å²) in [6.07, 6.45) is 1.16. The Morgan fingerprint density at radius 3 is 2.86 bits per heavy atom. The van der Waals surface area contributed by atoms with E-state index in [-0.39, 0.29) is 25.1 Å². The molecule has 1 aromatic rings. The summed E-state index contributed by atoms with van der Waals surface area (Å²) in [5.74, 6) is 1.57. The molecular weight excluding hydrogens is 308 g/mol. The van der Waals surface area contributed by atoms with Gasteiger partial charge in [0.05, 0.1) is 6.61 Å². The molecule has 0 bridgehead atoms. The van der Waals surface area contributed by atoms with Crippen molar-refractivity contribution in [3.8, 4) is 11.5 Å². The van der Waals surface area contributed by atoms with E-state index in [1.807, 2.05) is 18.2 Å². The lowest BCUT2D eigenvalue weighted by Gasteiger charge is -2.22. The van der Waals surface area contributed by atoms with Gasteiger partial charge in [0.25, 0.3) is 0 Å². The second kappa shape index (κ2) is 9.50. The fraction of sp³-hybridized carbons (Fsp3) is 0.533. The van der Waals surface area contributed by atoms with Crippen LogP contribution in [-0.4, -0.2) is 44.4 Å². The number of halogens is 1. The van der Waals surface area contributed by atoms with Crippen LogP contribution in [0.4, 0.5) is 0 Å². The van der Waals surface area contributed by atoms with E-state index in [0.717, 1.165) is 17.1 Å². The van der Waals surface area contributed by atoms with E-state index in [0.29, 0.717) is 39.1 Å². The maximum Gasteiger partial charge on any atom is 0.231 e. The van der Waals surface area contributed by atoms with E-state index in [9.17, 15) is 4.79 Å². The Labute approximate surface area is 136 Å². The molecule has 0 aliphatic carbocycles. The Hall–Kier alpha value is -1.50. The van der Waals surface area contributed by atoms with E-state index >= 15 is 0 Å². The molecule has 7 heteroatoms. The Morgan fingerprint density at radius 1 is 1.36 bits per heavy atom. The van der Waals surface area contributed by atoms with Crippen LogP contribution in [0.5, 0.6) is 11.5 Å². The molecule has 0 aromatic heterocycles. The first kappa shape index (κ1) is 18.5. The van der Waals surface area contributed by atoms with Crippen molar-refractivity contribution >= 4 is 18.3 Å². The minimum absolute atomic E-state index is 0. The number of carbonyl (C=O) groups excluding carboxylic acids is 1. The van der Waals surface area contributed by atoms with Crippen molar-refractivity contribution in [1.82, 2.24) is 4.90 Å². The van der Waals surface area contributed by atoms with Crippen molar-refractivity contribution in [2.45, 2.75) is 19.4 Å². The lowest BCUT2D eigenvalue weighted by molar-refractivity contribution is -0.132. The molecule has 0 atom stereocenters. The van der Waals surface area contributed by atoms with Gasteiger partial charge >= 0.3 is 0 Å². The largest absolute Gasteiger partial charge is 0.454 e. The second-order valence-electron chi connectivity index (χ2n) is 4.89. The molecule has 1 amide bonds. The number of methoxy groups -OCH3 is 1. The standard InChI is InChI=1S/C15H22N2O4.ClH/c1-19-8-7-17(15(18)3-2-6-16)10-12-4-5-13-14(9-12)21-11-20-13;/h4-5,9H,2-3,6-8,10-11,16H2,1H3;1H.